The average Bonchev–Trinajstić information content (AvgIpc) is 2.60. The minimum atomic E-state index is -3.57. The van der Waals surface area contributed by atoms with Gasteiger partial charge in [0, 0.05) is 12.6 Å². The number of hydrogen-bond acceptors (Lipinski definition) is 4. The van der Waals surface area contributed by atoms with E-state index in [1.807, 2.05) is 50.2 Å². The van der Waals surface area contributed by atoms with E-state index in [0.29, 0.717) is 13.0 Å². The maximum absolute atomic E-state index is 12.7. The molecular formula is C20H25NO4S. The van der Waals surface area contributed by atoms with Gasteiger partial charge < -0.3 is 9.08 Å². The molecule has 2 rings (SSSR count). The minimum Gasteiger partial charge on any atom is -0.382 e. The van der Waals surface area contributed by atoms with Gasteiger partial charge in [0.05, 0.1) is 12.2 Å². The van der Waals surface area contributed by atoms with Crippen molar-refractivity contribution < 1.29 is 17.4 Å². The number of hydrogen-bond donors (Lipinski definition) is 0. The standard InChI is InChI=1S/C20H25NO4S/c1-4-26(23,24)25-19-12-8-11-18(13-19)15-21(16(2)3)20(22)14-17-9-6-5-7-10-17/h5-13,16H,4,14-15H2,1-3H3. The molecule has 0 saturated carbocycles. The highest BCUT2D eigenvalue weighted by atomic mass is 32.2. The summed E-state index contributed by atoms with van der Waals surface area (Å²) in [5.74, 6) is 0.201. The Bertz CT molecular complexity index is 832. The van der Waals surface area contributed by atoms with Crippen molar-refractivity contribution in [2.75, 3.05) is 5.75 Å². The molecule has 2 aromatic rings. The van der Waals surface area contributed by atoms with Gasteiger partial charge in [-0.2, -0.15) is 8.42 Å². The first kappa shape index (κ1) is 20.0. The minimum absolute atomic E-state index is 0.0233. The summed E-state index contributed by atoms with van der Waals surface area (Å²) < 4.78 is 28.3. The number of carbonyl (C=O) groups is 1. The third-order valence-electron chi connectivity index (χ3n) is 3.97. The molecule has 1 amide bonds. The fourth-order valence-electron chi connectivity index (χ4n) is 2.53. The van der Waals surface area contributed by atoms with E-state index in [-0.39, 0.29) is 23.5 Å². The van der Waals surface area contributed by atoms with Gasteiger partial charge in [-0.1, -0.05) is 42.5 Å². The zero-order valence-corrected chi connectivity index (χ0v) is 16.2. The molecule has 0 heterocycles. The van der Waals surface area contributed by atoms with Crippen LogP contribution in [-0.2, 0) is 27.9 Å². The van der Waals surface area contributed by atoms with Gasteiger partial charge in [-0.15, -0.1) is 0 Å². The van der Waals surface area contributed by atoms with E-state index in [1.54, 1.807) is 23.1 Å². The second-order valence-corrected chi connectivity index (χ2v) is 8.21. The molecule has 0 atom stereocenters. The van der Waals surface area contributed by atoms with Crippen LogP contribution in [0.1, 0.15) is 31.9 Å². The largest absolute Gasteiger partial charge is 0.382 e. The first-order valence-corrected chi connectivity index (χ1v) is 10.2. The highest BCUT2D eigenvalue weighted by Gasteiger charge is 2.18. The van der Waals surface area contributed by atoms with Gasteiger partial charge in [0.2, 0.25) is 5.91 Å². The summed E-state index contributed by atoms with van der Waals surface area (Å²) >= 11 is 0. The molecule has 26 heavy (non-hydrogen) atoms. The molecule has 140 valence electrons. The molecule has 5 nitrogen and oxygen atoms in total. The van der Waals surface area contributed by atoms with Crippen LogP contribution in [0.25, 0.3) is 0 Å². The SMILES string of the molecule is CCS(=O)(=O)Oc1cccc(CN(C(=O)Cc2ccccc2)C(C)C)c1. The second-order valence-electron chi connectivity index (χ2n) is 6.35. The van der Waals surface area contributed by atoms with E-state index >= 15 is 0 Å². The Balaban J connectivity index is 2.13. The van der Waals surface area contributed by atoms with E-state index in [1.165, 1.54) is 6.92 Å². The van der Waals surface area contributed by atoms with Crippen LogP contribution in [-0.4, -0.2) is 31.0 Å². The van der Waals surface area contributed by atoms with Crippen LogP contribution in [0.4, 0.5) is 0 Å². The van der Waals surface area contributed by atoms with Gasteiger partial charge in [-0.25, -0.2) is 0 Å². The van der Waals surface area contributed by atoms with E-state index < -0.39 is 10.1 Å². The monoisotopic (exact) mass is 375 g/mol. The van der Waals surface area contributed by atoms with E-state index in [9.17, 15) is 13.2 Å². The van der Waals surface area contributed by atoms with Crippen LogP contribution >= 0.6 is 0 Å². The maximum atomic E-state index is 12.7. The molecule has 0 fully saturated rings. The predicted molar refractivity (Wildman–Crippen MR) is 102 cm³/mol. The van der Waals surface area contributed by atoms with E-state index in [4.69, 9.17) is 4.18 Å². The summed E-state index contributed by atoms with van der Waals surface area (Å²) in [4.78, 5) is 14.5. The molecule has 0 aliphatic carbocycles. The van der Waals surface area contributed by atoms with Crippen molar-refractivity contribution in [3.8, 4) is 5.75 Å². The molecule has 0 aliphatic heterocycles. The maximum Gasteiger partial charge on any atom is 0.308 e. The number of carbonyl (C=O) groups excluding carboxylic acids is 1. The lowest BCUT2D eigenvalue weighted by molar-refractivity contribution is -0.132. The van der Waals surface area contributed by atoms with Gasteiger partial charge in [-0.3, -0.25) is 4.79 Å². The van der Waals surface area contributed by atoms with Gasteiger partial charge in [0.1, 0.15) is 5.75 Å². The number of amides is 1. The predicted octanol–water partition coefficient (Wildman–Crippen LogP) is 3.39. The van der Waals surface area contributed by atoms with Gasteiger partial charge in [-0.05, 0) is 44.0 Å². The molecule has 6 heteroatoms. The summed E-state index contributed by atoms with van der Waals surface area (Å²) in [5, 5.41) is 0. The fourth-order valence-corrected chi connectivity index (χ4v) is 3.04. The third-order valence-corrected chi connectivity index (χ3v) is 5.12. The van der Waals surface area contributed by atoms with Crippen LogP contribution in [0, 0.1) is 0 Å². The summed E-state index contributed by atoms with van der Waals surface area (Å²) in [6.07, 6.45) is 0.333. The smallest absolute Gasteiger partial charge is 0.308 e. The normalized spacial score (nSPS) is 11.4. The Hall–Kier alpha value is -2.34. The molecule has 0 N–H and O–H groups in total. The zero-order valence-electron chi connectivity index (χ0n) is 15.4. The van der Waals surface area contributed by atoms with Gasteiger partial charge in [0.15, 0.2) is 0 Å². The third kappa shape index (κ3) is 5.88. The zero-order chi connectivity index (χ0) is 19.2. The highest BCUT2D eigenvalue weighted by Crippen LogP contribution is 2.18. The summed E-state index contributed by atoms with van der Waals surface area (Å²) in [7, 11) is -3.57. The molecular weight excluding hydrogens is 350 g/mol. The van der Waals surface area contributed by atoms with Crippen LogP contribution in [0.5, 0.6) is 5.75 Å². The molecule has 2 aromatic carbocycles. The van der Waals surface area contributed by atoms with Crippen molar-refractivity contribution in [1.29, 1.82) is 0 Å². The fraction of sp³-hybridized carbons (Fsp3) is 0.350. The molecule has 0 aliphatic rings. The summed E-state index contributed by atoms with van der Waals surface area (Å²) in [6.45, 7) is 5.85. The number of rotatable bonds is 8. The number of benzene rings is 2. The molecule has 0 radical (unpaired) electrons. The topological polar surface area (TPSA) is 63.7 Å². The van der Waals surface area contributed by atoms with Crippen LogP contribution < -0.4 is 4.18 Å². The quantitative estimate of drug-likeness (QED) is 0.664. The van der Waals surface area contributed by atoms with Crippen molar-refractivity contribution >= 4 is 16.0 Å². The highest BCUT2D eigenvalue weighted by molar-refractivity contribution is 7.87. The van der Waals surface area contributed by atoms with Gasteiger partial charge >= 0.3 is 10.1 Å². The molecule has 0 unspecified atom stereocenters. The van der Waals surface area contributed by atoms with Crippen molar-refractivity contribution in [1.82, 2.24) is 4.90 Å². The first-order chi connectivity index (χ1) is 12.3. The summed E-state index contributed by atoms with van der Waals surface area (Å²) in [5.41, 5.74) is 1.79. The molecule has 0 aromatic heterocycles. The Morgan fingerprint density at radius 1 is 1.04 bits per heavy atom. The van der Waals surface area contributed by atoms with Crippen LogP contribution in [0.15, 0.2) is 54.6 Å². The Kier molecular flexibility index (Phi) is 6.80. The number of nitrogens with zero attached hydrogens (tertiary/aromatic N) is 1. The lowest BCUT2D eigenvalue weighted by Gasteiger charge is -2.27. The lowest BCUT2D eigenvalue weighted by Crippen LogP contribution is -2.37. The Morgan fingerprint density at radius 3 is 2.31 bits per heavy atom. The molecule has 0 bridgehead atoms. The van der Waals surface area contributed by atoms with Gasteiger partial charge in [0.25, 0.3) is 0 Å². The first-order valence-electron chi connectivity index (χ1n) is 8.65. The van der Waals surface area contributed by atoms with Crippen LogP contribution in [0.2, 0.25) is 0 Å². The molecule has 0 saturated heterocycles. The average molecular weight is 375 g/mol. The Morgan fingerprint density at radius 2 is 1.69 bits per heavy atom. The van der Waals surface area contributed by atoms with Crippen molar-refractivity contribution in [3.05, 3.63) is 65.7 Å². The Labute approximate surface area is 155 Å². The van der Waals surface area contributed by atoms with Crippen molar-refractivity contribution in [2.45, 2.75) is 39.8 Å². The second kappa shape index (κ2) is 8.85. The van der Waals surface area contributed by atoms with Crippen LogP contribution in [0.3, 0.4) is 0 Å². The molecule has 0 spiro atoms. The van der Waals surface area contributed by atoms with E-state index in [2.05, 4.69) is 0 Å². The van der Waals surface area contributed by atoms with Crippen molar-refractivity contribution in [2.24, 2.45) is 0 Å². The van der Waals surface area contributed by atoms with E-state index in [0.717, 1.165) is 11.1 Å². The summed E-state index contributed by atoms with van der Waals surface area (Å²) in [6, 6.07) is 16.5. The lowest BCUT2D eigenvalue weighted by atomic mass is 10.1. The van der Waals surface area contributed by atoms with Crippen molar-refractivity contribution in [3.63, 3.8) is 0 Å².